The molecule has 1 aromatic carbocycles. The second kappa shape index (κ2) is 4.82. The minimum atomic E-state index is -0.609. The van der Waals surface area contributed by atoms with E-state index < -0.39 is 4.33 Å². The number of amides is 1. The van der Waals surface area contributed by atoms with Crippen LogP contribution in [-0.4, -0.2) is 10.2 Å². The van der Waals surface area contributed by atoms with Crippen molar-refractivity contribution in [3.63, 3.8) is 0 Å². The van der Waals surface area contributed by atoms with Crippen LogP contribution in [0.25, 0.3) is 0 Å². The van der Waals surface area contributed by atoms with Crippen molar-refractivity contribution in [2.24, 2.45) is 0 Å². The summed E-state index contributed by atoms with van der Waals surface area (Å²) < 4.78 is -0.609. The van der Waals surface area contributed by atoms with E-state index in [9.17, 15) is 4.79 Å². The maximum Gasteiger partial charge on any atom is 0.265 e. The summed E-state index contributed by atoms with van der Waals surface area (Å²) in [5.74, 6) is 0.121. The van der Waals surface area contributed by atoms with Gasteiger partial charge in [0.25, 0.3) is 5.91 Å². The molecule has 1 heterocycles. The predicted octanol–water partition coefficient (Wildman–Crippen LogP) is 4.66. The molecule has 5 heteroatoms. The summed E-state index contributed by atoms with van der Waals surface area (Å²) >= 11 is 13.5. The zero-order valence-corrected chi connectivity index (χ0v) is 12.2. The Labute approximate surface area is 125 Å². The molecule has 0 saturated heterocycles. The molecule has 0 unspecified atom stereocenters. The summed E-state index contributed by atoms with van der Waals surface area (Å²) in [5.41, 5.74) is 1.89. The number of nitrogens with one attached hydrogen (secondary N) is 1. The highest BCUT2D eigenvalue weighted by Gasteiger charge is 2.52. The topological polar surface area (TPSA) is 29.1 Å². The van der Waals surface area contributed by atoms with E-state index in [1.807, 2.05) is 35.7 Å². The minimum absolute atomic E-state index is 0.0850. The molecule has 3 rings (SSSR count). The van der Waals surface area contributed by atoms with E-state index in [1.54, 1.807) is 6.07 Å². The summed E-state index contributed by atoms with van der Waals surface area (Å²) in [5, 5.41) is 4.74. The molecule has 0 aliphatic heterocycles. The van der Waals surface area contributed by atoms with Gasteiger partial charge in [0.1, 0.15) is 4.33 Å². The third-order valence-corrected chi connectivity index (χ3v) is 4.85. The van der Waals surface area contributed by atoms with Crippen LogP contribution in [-0.2, 0) is 0 Å². The third kappa shape index (κ3) is 2.78. The Morgan fingerprint density at radius 3 is 2.47 bits per heavy atom. The lowest BCUT2D eigenvalue weighted by molar-refractivity contribution is 0.103. The molecule has 1 amide bonds. The molecular weight excluding hydrogens is 301 g/mol. The van der Waals surface area contributed by atoms with Crippen molar-refractivity contribution >= 4 is 46.1 Å². The quantitative estimate of drug-likeness (QED) is 0.820. The molecule has 2 nitrogen and oxygen atoms in total. The van der Waals surface area contributed by atoms with Gasteiger partial charge in [-0.1, -0.05) is 18.2 Å². The van der Waals surface area contributed by atoms with Crippen LogP contribution >= 0.6 is 34.5 Å². The summed E-state index contributed by atoms with van der Waals surface area (Å²) in [7, 11) is 0. The van der Waals surface area contributed by atoms with Gasteiger partial charge < -0.3 is 5.32 Å². The van der Waals surface area contributed by atoms with Gasteiger partial charge in [0.15, 0.2) is 0 Å². The Bertz CT molecular complexity index is 592. The highest BCUT2D eigenvalue weighted by molar-refractivity contribution is 7.12. The van der Waals surface area contributed by atoms with Crippen molar-refractivity contribution in [2.75, 3.05) is 5.32 Å². The number of halogens is 2. The van der Waals surface area contributed by atoms with Gasteiger partial charge in [0, 0.05) is 11.6 Å². The smallest absolute Gasteiger partial charge is 0.265 e. The molecule has 19 heavy (non-hydrogen) atoms. The monoisotopic (exact) mass is 311 g/mol. The number of carbonyl (C=O) groups is 1. The van der Waals surface area contributed by atoms with E-state index in [2.05, 4.69) is 5.32 Å². The molecule has 1 aliphatic rings. The number of benzene rings is 1. The van der Waals surface area contributed by atoms with E-state index in [0.29, 0.717) is 4.88 Å². The highest BCUT2D eigenvalue weighted by atomic mass is 35.5. The normalized spacial score (nSPS) is 20.0. The first-order valence-electron chi connectivity index (χ1n) is 5.89. The largest absolute Gasteiger partial charge is 0.321 e. The van der Waals surface area contributed by atoms with Gasteiger partial charge in [-0.3, -0.25) is 4.79 Å². The van der Waals surface area contributed by atoms with E-state index >= 15 is 0 Å². The molecule has 1 aromatic heterocycles. The second-order valence-corrected chi connectivity index (χ2v) is 7.06. The molecule has 0 spiro atoms. The van der Waals surface area contributed by atoms with Crippen molar-refractivity contribution in [1.82, 2.24) is 0 Å². The molecule has 0 bridgehead atoms. The van der Waals surface area contributed by atoms with Crippen LogP contribution in [0.4, 0.5) is 5.69 Å². The SMILES string of the molecule is O=C(Nc1ccc([C@@H]2CC2(Cl)Cl)cc1)c1cccs1. The minimum Gasteiger partial charge on any atom is -0.321 e. The van der Waals surface area contributed by atoms with Crippen LogP contribution in [0.3, 0.4) is 0 Å². The zero-order chi connectivity index (χ0) is 13.5. The molecule has 1 atom stereocenters. The standard InChI is InChI=1S/C14H11Cl2NOS/c15-14(16)8-11(14)9-3-5-10(6-4-9)17-13(18)12-2-1-7-19-12/h1-7,11H,8H2,(H,17,18)/t11-/m0/s1. The summed E-state index contributed by atoms with van der Waals surface area (Å²) in [6, 6.07) is 11.3. The molecule has 1 aliphatic carbocycles. The van der Waals surface area contributed by atoms with Crippen molar-refractivity contribution in [2.45, 2.75) is 16.7 Å². The molecule has 1 saturated carbocycles. The highest BCUT2D eigenvalue weighted by Crippen LogP contribution is 2.59. The number of hydrogen-bond acceptors (Lipinski definition) is 2. The van der Waals surface area contributed by atoms with Crippen molar-refractivity contribution < 1.29 is 4.79 Å². The Balaban J connectivity index is 1.68. The van der Waals surface area contributed by atoms with E-state index in [-0.39, 0.29) is 11.8 Å². The average molecular weight is 312 g/mol. The van der Waals surface area contributed by atoms with Crippen LogP contribution in [0.15, 0.2) is 41.8 Å². The van der Waals surface area contributed by atoms with Crippen LogP contribution in [0.5, 0.6) is 0 Å². The van der Waals surface area contributed by atoms with Crippen molar-refractivity contribution in [1.29, 1.82) is 0 Å². The fraction of sp³-hybridized carbons (Fsp3) is 0.214. The third-order valence-electron chi connectivity index (χ3n) is 3.14. The van der Waals surface area contributed by atoms with Crippen molar-refractivity contribution in [3.05, 3.63) is 52.2 Å². The Morgan fingerprint density at radius 2 is 1.95 bits per heavy atom. The first-order valence-corrected chi connectivity index (χ1v) is 7.52. The lowest BCUT2D eigenvalue weighted by Crippen LogP contribution is -2.09. The number of anilines is 1. The zero-order valence-electron chi connectivity index (χ0n) is 9.90. The Kier molecular flexibility index (Phi) is 3.29. The van der Waals surface area contributed by atoms with Gasteiger partial charge in [-0.2, -0.15) is 0 Å². The molecule has 1 N–H and O–H groups in total. The number of carbonyl (C=O) groups excluding carboxylic acids is 1. The van der Waals surface area contributed by atoms with Gasteiger partial charge in [0.05, 0.1) is 4.88 Å². The second-order valence-electron chi connectivity index (χ2n) is 4.57. The number of rotatable bonds is 3. The van der Waals surface area contributed by atoms with Gasteiger partial charge >= 0.3 is 0 Å². The first kappa shape index (κ1) is 13.0. The summed E-state index contributed by atoms with van der Waals surface area (Å²) in [6.45, 7) is 0. The molecule has 0 radical (unpaired) electrons. The molecule has 1 fully saturated rings. The summed E-state index contributed by atoms with van der Waals surface area (Å²) in [6.07, 6.45) is 0.789. The van der Waals surface area contributed by atoms with Crippen LogP contribution in [0.1, 0.15) is 27.6 Å². The van der Waals surface area contributed by atoms with E-state index in [4.69, 9.17) is 23.2 Å². The maximum atomic E-state index is 11.9. The fourth-order valence-electron chi connectivity index (χ4n) is 1.97. The van der Waals surface area contributed by atoms with Crippen LogP contribution in [0, 0.1) is 0 Å². The van der Waals surface area contributed by atoms with E-state index in [0.717, 1.165) is 17.7 Å². The lowest BCUT2D eigenvalue weighted by Gasteiger charge is -2.05. The molecular formula is C14H11Cl2NOS. The molecule has 98 valence electrons. The first-order chi connectivity index (χ1) is 9.06. The summed E-state index contributed by atoms with van der Waals surface area (Å²) in [4.78, 5) is 12.6. The van der Waals surface area contributed by atoms with E-state index in [1.165, 1.54) is 11.3 Å². The van der Waals surface area contributed by atoms with Crippen LogP contribution in [0.2, 0.25) is 0 Å². The lowest BCUT2D eigenvalue weighted by atomic mass is 10.1. The number of alkyl halides is 2. The van der Waals surface area contributed by atoms with Gasteiger partial charge in [-0.15, -0.1) is 34.5 Å². The Morgan fingerprint density at radius 1 is 1.26 bits per heavy atom. The van der Waals surface area contributed by atoms with Gasteiger partial charge in [-0.25, -0.2) is 0 Å². The predicted molar refractivity (Wildman–Crippen MR) is 80.5 cm³/mol. The Hall–Kier alpha value is -1.03. The number of thiophene rings is 1. The fourth-order valence-corrected chi connectivity index (χ4v) is 3.15. The van der Waals surface area contributed by atoms with Gasteiger partial charge in [0.2, 0.25) is 0 Å². The van der Waals surface area contributed by atoms with Gasteiger partial charge in [-0.05, 0) is 35.6 Å². The maximum absolute atomic E-state index is 11.9. The average Bonchev–Trinajstić information content (AvgIpc) is 2.83. The van der Waals surface area contributed by atoms with Crippen LogP contribution < -0.4 is 5.32 Å². The van der Waals surface area contributed by atoms with Crippen molar-refractivity contribution in [3.8, 4) is 0 Å². The number of hydrogen-bond donors (Lipinski definition) is 1. The molecule has 2 aromatic rings.